The van der Waals surface area contributed by atoms with Crippen molar-refractivity contribution in [3.05, 3.63) is 23.8 Å². The van der Waals surface area contributed by atoms with Gasteiger partial charge >= 0.3 is 0 Å². The Bertz CT molecular complexity index is 595. The van der Waals surface area contributed by atoms with E-state index in [0.717, 1.165) is 0 Å². The van der Waals surface area contributed by atoms with E-state index in [-0.39, 0.29) is 16.6 Å². The van der Waals surface area contributed by atoms with Crippen molar-refractivity contribution in [3.8, 4) is 5.75 Å². The van der Waals surface area contributed by atoms with E-state index in [9.17, 15) is 13.2 Å². The quantitative estimate of drug-likeness (QED) is 0.827. The molecule has 1 N–H and O–H groups in total. The highest BCUT2D eigenvalue weighted by Gasteiger charge is 2.26. The lowest BCUT2D eigenvalue weighted by molar-refractivity contribution is 0.0955. The van der Waals surface area contributed by atoms with E-state index in [4.69, 9.17) is 4.74 Å². The van der Waals surface area contributed by atoms with Crippen molar-refractivity contribution in [2.45, 2.75) is 25.7 Å². The zero-order valence-corrected chi connectivity index (χ0v) is 13.7. The van der Waals surface area contributed by atoms with Crippen LogP contribution < -0.4 is 10.1 Å². The molecule has 0 aliphatic carbocycles. The zero-order valence-electron chi connectivity index (χ0n) is 12.8. The van der Waals surface area contributed by atoms with Gasteiger partial charge in [0.25, 0.3) is 5.91 Å². The minimum atomic E-state index is -3.69. The minimum Gasteiger partial charge on any atom is -0.495 e. The zero-order chi connectivity index (χ0) is 16.0. The maximum Gasteiger partial charge on any atom is 0.251 e. The fourth-order valence-electron chi connectivity index (χ4n) is 1.98. The van der Waals surface area contributed by atoms with Gasteiger partial charge in [-0.2, -0.15) is 4.31 Å². The molecule has 0 saturated carbocycles. The predicted molar refractivity (Wildman–Crippen MR) is 81.1 cm³/mol. The fraction of sp³-hybridized carbons (Fsp3) is 0.500. The number of benzene rings is 1. The van der Waals surface area contributed by atoms with Crippen molar-refractivity contribution >= 4 is 15.9 Å². The number of hydrogen-bond acceptors (Lipinski definition) is 4. The van der Waals surface area contributed by atoms with Crippen molar-refractivity contribution in [1.82, 2.24) is 9.62 Å². The topological polar surface area (TPSA) is 75.7 Å². The lowest BCUT2D eigenvalue weighted by atomic mass is 10.2. The van der Waals surface area contributed by atoms with Crippen LogP contribution in [0.1, 0.15) is 31.1 Å². The third kappa shape index (κ3) is 3.74. The van der Waals surface area contributed by atoms with Crippen LogP contribution >= 0.6 is 0 Å². The number of carbonyl (C=O) groups excluding carboxylic acids is 1. The van der Waals surface area contributed by atoms with Crippen LogP contribution in [0.2, 0.25) is 0 Å². The summed E-state index contributed by atoms with van der Waals surface area (Å²) < 4.78 is 31.7. The molecule has 0 aliphatic rings. The molecule has 1 rings (SSSR count). The van der Waals surface area contributed by atoms with Crippen LogP contribution in [0.15, 0.2) is 23.1 Å². The first-order valence-corrected chi connectivity index (χ1v) is 8.32. The third-order valence-corrected chi connectivity index (χ3v) is 5.16. The molecule has 1 aromatic rings. The summed E-state index contributed by atoms with van der Waals surface area (Å²) in [5, 5.41) is 2.65. The SMILES string of the molecule is CCNC(=O)c1ccc(OC)c(S(=O)(=O)N(CC)CC)c1. The molecular formula is C14H22N2O4S. The van der Waals surface area contributed by atoms with Gasteiger partial charge in [-0.15, -0.1) is 0 Å². The highest BCUT2D eigenvalue weighted by molar-refractivity contribution is 7.89. The number of nitrogens with zero attached hydrogens (tertiary/aromatic N) is 1. The molecule has 0 fully saturated rings. The van der Waals surface area contributed by atoms with E-state index in [1.54, 1.807) is 26.8 Å². The Kier molecular flexibility index (Phi) is 6.17. The standard InChI is InChI=1S/C14H22N2O4S/c1-5-15-14(17)11-8-9-12(20-4)13(10-11)21(18,19)16(6-2)7-3/h8-10H,5-7H2,1-4H3,(H,15,17). The molecule has 118 valence electrons. The number of methoxy groups -OCH3 is 1. The van der Waals surface area contributed by atoms with Crippen molar-refractivity contribution in [1.29, 1.82) is 0 Å². The monoisotopic (exact) mass is 314 g/mol. The summed E-state index contributed by atoms with van der Waals surface area (Å²) in [4.78, 5) is 11.9. The summed E-state index contributed by atoms with van der Waals surface area (Å²) in [5.41, 5.74) is 0.295. The molecule has 0 radical (unpaired) electrons. The van der Waals surface area contributed by atoms with E-state index in [0.29, 0.717) is 25.2 Å². The van der Waals surface area contributed by atoms with Crippen molar-refractivity contribution in [2.24, 2.45) is 0 Å². The Balaban J connectivity index is 3.38. The van der Waals surface area contributed by atoms with Crippen molar-refractivity contribution in [3.63, 3.8) is 0 Å². The molecule has 0 saturated heterocycles. The van der Waals surface area contributed by atoms with Gasteiger partial charge in [-0.05, 0) is 25.1 Å². The number of sulfonamides is 1. The van der Waals surface area contributed by atoms with Crippen molar-refractivity contribution < 1.29 is 17.9 Å². The lowest BCUT2D eigenvalue weighted by Gasteiger charge is -2.20. The second-order valence-corrected chi connectivity index (χ2v) is 6.22. The van der Waals surface area contributed by atoms with Crippen LogP contribution in [-0.4, -0.2) is 45.4 Å². The van der Waals surface area contributed by atoms with Gasteiger partial charge in [0.2, 0.25) is 10.0 Å². The second-order valence-electron chi connectivity index (χ2n) is 4.31. The van der Waals surface area contributed by atoms with Gasteiger partial charge in [-0.1, -0.05) is 13.8 Å². The molecule has 0 unspecified atom stereocenters. The summed E-state index contributed by atoms with van der Waals surface area (Å²) in [6.07, 6.45) is 0. The van der Waals surface area contributed by atoms with Crippen LogP contribution in [-0.2, 0) is 10.0 Å². The lowest BCUT2D eigenvalue weighted by Crippen LogP contribution is -2.31. The first-order chi connectivity index (χ1) is 9.92. The molecule has 1 aromatic carbocycles. The molecule has 0 aromatic heterocycles. The number of rotatable bonds is 7. The smallest absolute Gasteiger partial charge is 0.251 e. The first kappa shape index (κ1) is 17.5. The summed E-state index contributed by atoms with van der Waals surface area (Å²) in [6.45, 7) is 6.51. The Morgan fingerprint density at radius 3 is 2.33 bits per heavy atom. The van der Waals surface area contributed by atoms with Gasteiger partial charge in [-0.25, -0.2) is 8.42 Å². The minimum absolute atomic E-state index is 0.0115. The van der Waals surface area contributed by atoms with Gasteiger partial charge in [-0.3, -0.25) is 4.79 Å². The molecule has 0 aliphatic heterocycles. The summed E-state index contributed by atoms with van der Waals surface area (Å²) in [6, 6.07) is 4.41. The van der Waals surface area contributed by atoms with Gasteiger partial charge in [0, 0.05) is 25.2 Å². The van der Waals surface area contributed by atoms with Crippen LogP contribution in [0.4, 0.5) is 0 Å². The highest BCUT2D eigenvalue weighted by atomic mass is 32.2. The fourth-order valence-corrected chi connectivity index (χ4v) is 3.62. The van der Waals surface area contributed by atoms with Crippen molar-refractivity contribution in [2.75, 3.05) is 26.7 Å². The molecular weight excluding hydrogens is 292 g/mol. The van der Waals surface area contributed by atoms with Crippen LogP contribution in [0.5, 0.6) is 5.75 Å². The molecule has 0 heterocycles. The van der Waals surface area contributed by atoms with E-state index in [1.807, 2.05) is 0 Å². The third-order valence-electron chi connectivity index (χ3n) is 3.09. The summed E-state index contributed by atoms with van der Waals surface area (Å²) >= 11 is 0. The molecule has 21 heavy (non-hydrogen) atoms. The van der Waals surface area contributed by atoms with E-state index in [2.05, 4.69) is 5.32 Å². The predicted octanol–water partition coefficient (Wildman–Crippen LogP) is 1.48. The molecule has 0 spiro atoms. The number of carbonyl (C=O) groups is 1. The maximum absolute atomic E-state index is 12.6. The second kappa shape index (κ2) is 7.42. The van der Waals surface area contributed by atoms with Gasteiger partial charge in [0.15, 0.2) is 0 Å². The Morgan fingerprint density at radius 2 is 1.86 bits per heavy atom. The molecule has 0 atom stereocenters. The summed E-state index contributed by atoms with van der Waals surface area (Å²) in [7, 11) is -2.28. The number of amides is 1. The number of ether oxygens (including phenoxy) is 1. The van der Waals surface area contributed by atoms with Crippen LogP contribution in [0.3, 0.4) is 0 Å². The highest BCUT2D eigenvalue weighted by Crippen LogP contribution is 2.27. The first-order valence-electron chi connectivity index (χ1n) is 6.88. The summed E-state index contributed by atoms with van der Waals surface area (Å²) in [5.74, 6) is -0.0777. The Labute approximate surface area is 126 Å². The largest absolute Gasteiger partial charge is 0.495 e. The molecule has 6 nitrogen and oxygen atoms in total. The van der Waals surface area contributed by atoms with Gasteiger partial charge in [0.1, 0.15) is 10.6 Å². The van der Waals surface area contributed by atoms with Gasteiger partial charge < -0.3 is 10.1 Å². The Morgan fingerprint density at radius 1 is 1.24 bits per heavy atom. The Hall–Kier alpha value is -1.60. The maximum atomic E-state index is 12.6. The molecule has 7 heteroatoms. The average molecular weight is 314 g/mol. The van der Waals surface area contributed by atoms with E-state index >= 15 is 0 Å². The van der Waals surface area contributed by atoms with Crippen LogP contribution in [0.25, 0.3) is 0 Å². The number of nitrogens with one attached hydrogen (secondary N) is 1. The molecule has 0 bridgehead atoms. The van der Waals surface area contributed by atoms with E-state index in [1.165, 1.54) is 23.5 Å². The average Bonchev–Trinajstić information content (AvgIpc) is 2.47. The molecule has 1 amide bonds. The van der Waals surface area contributed by atoms with E-state index < -0.39 is 10.0 Å². The van der Waals surface area contributed by atoms with Gasteiger partial charge in [0.05, 0.1) is 7.11 Å². The number of hydrogen-bond donors (Lipinski definition) is 1. The van der Waals surface area contributed by atoms with Crippen LogP contribution in [0, 0.1) is 0 Å². The normalized spacial score (nSPS) is 11.5.